The molecule has 0 heteroatoms. The fraction of sp³-hybridized carbons (Fsp3) is 0.600. The standard InChI is InChI=1S/C10H18/c1-5-6-7-8-10(4)9(2)3/h5,8-9H,1,6-7H2,2-4H3. The topological polar surface area (TPSA) is 0 Å². The molecule has 0 rings (SSSR count). The molecule has 0 nitrogen and oxygen atoms in total. The molecule has 10 heavy (non-hydrogen) atoms. The largest absolute Gasteiger partial charge is 0.103 e. The molecule has 0 aromatic carbocycles. The summed E-state index contributed by atoms with van der Waals surface area (Å²) in [6.45, 7) is 10.3. The van der Waals surface area contributed by atoms with Gasteiger partial charge in [-0.3, -0.25) is 0 Å². The minimum Gasteiger partial charge on any atom is -0.103 e. The van der Waals surface area contributed by atoms with Gasteiger partial charge in [-0.05, 0) is 25.7 Å². The van der Waals surface area contributed by atoms with E-state index < -0.39 is 0 Å². The van der Waals surface area contributed by atoms with Gasteiger partial charge in [0.25, 0.3) is 0 Å². The lowest BCUT2D eigenvalue weighted by Gasteiger charge is -2.03. The lowest BCUT2D eigenvalue weighted by molar-refractivity contribution is 0.760. The third kappa shape index (κ3) is 4.37. The van der Waals surface area contributed by atoms with E-state index in [1.165, 1.54) is 5.57 Å². The molecule has 0 aliphatic heterocycles. The Kier molecular flexibility index (Phi) is 5.00. The van der Waals surface area contributed by atoms with Crippen molar-refractivity contribution in [2.24, 2.45) is 5.92 Å². The van der Waals surface area contributed by atoms with Crippen molar-refractivity contribution in [2.75, 3.05) is 0 Å². The summed E-state index contributed by atoms with van der Waals surface area (Å²) in [5.41, 5.74) is 1.49. The molecule has 0 aromatic rings. The van der Waals surface area contributed by atoms with Crippen LogP contribution < -0.4 is 0 Å². The number of allylic oxidation sites excluding steroid dienone is 3. The van der Waals surface area contributed by atoms with Crippen LogP contribution in [0.4, 0.5) is 0 Å². The van der Waals surface area contributed by atoms with Crippen LogP contribution in [0.15, 0.2) is 24.3 Å². The van der Waals surface area contributed by atoms with Gasteiger partial charge in [0.2, 0.25) is 0 Å². The van der Waals surface area contributed by atoms with Crippen molar-refractivity contribution in [1.82, 2.24) is 0 Å². The van der Waals surface area contributed by atoms with Crippen LogP contribution in [0.3, 0.4) is 0 Å². The Labute approximate surface area is 64.6 Å². The highest BCUT2D eigenvalue weighted by Crippen LogP contribution is 2.09. The van der Waals surface area contributed by atoms with Gasteiger partial charge >= 0.3 is 0 Å². The zero-order chi connectivity index (χ0) is 7.98. The van der Waals surface area contributed by atoms with Crippen molar-refractivity contribution < 1.29 is 0 Å². The van der Waals surface area contributed by atoms with Crippen LogP contribution in [-0.4, -0.2) is 0 Å². The first-order valence-corrected chi connectivity index (χ1v) is 3.96. The molecule has 0 amide bonds. The fourth-order valence-electron chi connectivity index (χ4n) is 0.665. The Morgan fingerprint density at radius 1 is 1.40 bits per heavy atom. The van der Waals surface area contributed by atoms with Crippen LogP contribution in [0.25, 0.3) is 0 Å². The van der Waals surface area contributed by atoms with Gasteiger partial charge in [0, 0.05) is 0 Å². The van der Waals surface area contributed by atoms with Crippen LogP contribution in [0.5, 0.6) is 0 Å². The second kappa shape index (κ2) is 5.28. The van der Waals surface area contributed by atoms with Gasteiger partial charge in [-0.15, -0.1) is 6.58 Å². The third-order valence-corrected chi connectivity index (χ3v) is 1.75. The molecule has 0 heterocycles. The number of unbranched alkanes of at least 4 members (excludes halogenated alkanes) is 1. The first-order chi connectivity index (χ1) is 4.68. The highest BCUT2D eigenvalue weighted by atomic mass is 14.0. The Balaban J connectivity index is 3.57. The molecule has 0 saturated carbocycles. The monoisotopic (exact) mass is 138 g/mol. The third-order valence-electron chi connectivity index (χ3n) is 1.75. The lowest BCUT2D eigenvalue weighted by Crippen LogP contribution is -1.87. The summed E-state index contributed by atoms with van der Waals surface area (Å²) in [5, 5.41) is 0. The van der Waals surface area contributed by atoms with Crippen LogP contribution in [0, 0.1) is 5.92 Å². The maximum atomic E-state index is 3.67. The predicted molar refractivity (Wildman–Crippen MR) is 48.0 cm³/mol. The van der Waals surface area contributed by atoms with E-state index >= 15 is 0 Å². The normalized spacial score (nSPS) is 12.2. The van der Waals surface area contributed by atoms with Crippen molar-refractivity contribution in [2.45, 2.75) is 33.6 Å². The predicted octanol–water partition coefficient (Wildman–Crippen LogP) is 3.55. The summed E-state index contributed by atoms with van der Waals surface area (Å²) >= 11 is 0. The van der Waals surface area contributed by atoms with E-state index in [9.17, 15) is 0 Å². The molecule has 0 unspecified atom stereocenters. The van der Waals surface area contributed by atoms with E-state index in [1.54, 1.807) is 0 Å². The van der Waals surface area contributed by atoms with E-state index in [0.29, 0.717) is 5.92 Å². The summed E-state index contributed by atoms with van der Waals surface area (Å²) in [7, 11) is 0. The molecular weight excluding hydrogens is 120 g/mol. The Morgan fingerprint density at radius 3 is 2.40 bits per heavy atom. The molecule has 0 radical (unpaired) electrons. The van der Waals surface area contributed by atoms with Crippen molar-refractivity contribution >= 4 is 0 Å². The first kappa shape index (κ1) is 9.48. The fourth-order valence-corrected chi connectivity index (χ4v) is 0.665. The van der Waals surface area contributed by atoms with Gasteiger partial charge in [0.15, 0.2) is 0 Å². The van der Waals surface area contributed by atoms with Crippen molar-refractivity contribution in [3.05, 3.63) is 24.3 Å². The van der Waals surface area contributed by atoms with E-state index in [1.807, 2.05) is 6.08 Å². The summed E-state index contributed by atoms with van der Waals surface area (Å²) in [4.78, 5) is 0. The molecule has 0 atom stereocenters. The smallest absolute Gasteiger partial charge is 0.0263 e. The summed E-state index contributed by atoms with van der Waals surface area (Å²) in [6.07, 6.45) is 6.51. The second-order valence-corrected chi connectivity index (χ2v) is 2.97. The van der Waals surface area contributed by atoms with Crippen LogP contribution in [-0.2, 0) is 0 Å². The Morgan fingerprint density at radius 2 is 2.00 bits per heavy atom. The molecule has 0 bridgehead atoms. The molecule has 0 fully saturated rings. The summed E-state index contributed by atoms with van der Waals surface area (Å²) in [6, 6.07) is 0. The van der Waals surface area contributed by atoms with Gasteiger partial charge in [-0.1, -0.05) is 31.6 Å². The average molecular weight is 138 g/mol. The van der Waals surface area contributed by atoms with E-state index in [4.69, 9.17) is 0 Å². The number of hydrogen-bond donors (Lipinski definition) is 0. The van der Waals surface area contributed by atoms with Crippen LogP contribution in [0.2, 0.25) is 0 Å². The Hall–Kier alpha value is -0.520. The lowest BCUT2D eigenvalue weighted by atomic mass is 10.0. The van der Waals surface area contributed by atoms with Crippen molar-refractivity contribution in [3.8, 4) is 0 Å². The quantitative estimate of drug-likeness (QED) is 0.411. The molecule has 0 aliphatic carbocycles. The average Bonchev–Trinajstić information content (AvgIpc) is 1.88. The molecule has 58 valence electrons. The number of hydrogen-bond acceptors (Lipinski definition) is 0. The maximum Gasteiger partial charge on any atom is -0.0263 e. The zero-order valence-electron chi connectivity index (χ0n) is 7.35. The van der Waals surface area contributed by atoms with E-state index in [0.717, 1.165) is 12.8 Å². The van der Waals surface area contributed by atoms with Crippen molar-refractivity contribution in [3.63, 3.8) is 0 Å². The summed E-state index contributed by atoms with van der Waals surface area (Å²) < 4.78 is 0. The van der Waals surface area contributed by atoms with E-state index in [2.05, 4.69) is 33.4 Å². The molecule has 0 saturated heterocycles. The molecule has 0 N–H and O–H groups in total. The SMILES string of the molecule is C=CCCC=C(C)C(C)C. The first-order valence-electron chi connectivity index (χ1n) is 3.96. The molecule has 0 aliphatic rings. The van der Waals surface area contributed by atoms with Gasteiger partial charge in [-0.25, -0.2) is 0 Å². The Bertz CT molecular complexity index is 118. The molecular formula is C10H18. The minimum atomic E-state index is 0.699. The van der Waals surface area contributed by atoms with Gasteiger partial charge in [-0.2, -0.15) is 0 Å². The van der Waals surface area contributed by atoms with Crippen LogP contribution in [0.1, 0.15) is 33.6 Å². The molecule has 0 aromatic heterocycles. The maximum absolute atomic E-state index is 3.67. The van der Waals surface area contributed by atoms with Gasteiger partial charge in [0.1, 0.15) is 0 Å². The van der Waals surface area contributed by atoms with E-state index in [-0.39, 0.29) is 0 Å². The van der Waals surface area contributed by atoms with Crippen molar-refractivity contribution in [1.29, 1.82) is 0 Å². The minimum absolute atomic E-state index is 0.699. The highest BCUT2D eigenvalue weighted by Gasteiger charge is 1.93. The second-order valence-electron chi connectivity index (χ2n) is 2.97. The van der Waals surface area contributed by atoms with Crippen LogP contribution >= 0.6 is 0 Å². The zero-order valence-corrected chi connectivity index (χ0v) is 7.35. The van der Waals surface area contributed by atoms with Gasteiger partial charge in [0.05, 0.1) is 0 Å². The highest BCUT2D eigenvalue weighted by molar-refractivity contribution is 5.01. The molecule has 0 spiro atoms. The summed E-state index contributed by atoms with van der Waals surface area (Å²) in [5.74, 6) is 0.699. The number of rotatable bonds is 4. The van der Waals surface area contributed by atoms with Gasteiger partial charge < -0.3 is 0 Å².